The summed E-state index contributed by atoms with van der Waals surface area (Å²) < 4.78 is 12.7. The van der Waals surface area contributed by atoms with E-state index in [1.165, 1.54) is 18.5 Å². The Kier molecular flexibility index (Phi) is 2.33. The van der Waals surface area contributed by atoms with Crippen molar-refractivity contribution in [3.63, 3.8) is 0 Å². The maximum Gasteiger partial charge on any atom is 0.267 e. The van der Waals surface area contributed by atoms with Gasteiger partial charge in [0.25, 0.3) is 5.91 Å². The van der Waals surface area contributed by atoms with E-state index in [0.717, 1.165) is 6.20 Å². The second-order valence-electron chi connectivity index (χ2n) is 1.92. The lowest BCUT2D eigenvalue weighted by molar-refractivity contribution is 0.0969. The predicted octanol–water partition coefficient (Wildman–Crippen LogP) is 0.432. The topological polar surface area (TPSA) is 65.8 Å². The molecule has 1 N–H and O–H groups in total. The lowest BCUT2D eigenvalue weighted by atomic mass is 10.2. The summed E-state index contributed by atoms with van der Waals surface area (Å²) in [6.07, 6.45) is 3.59. The first-order chi connectivity index (χ1) is 5.75. The van der Waals surface area contributed by atoms with Crippen molar-refractivity contribution in [3.05, 3.63) is 29.8 Å². The summed E-state index contributed by atoms with van der Waals surface area (Å²) >= 11 is 0. The number of nitriles is 1. The molecule has 0 aliphatic carbocycles. The van der Waals surface area contributed by atoms with Crippen LogP contribution in [-0.4, -0.2) is 10.9 Å². The van der Waals surface area contributed by atoms with Crippen LogP contribution in [0.25, 0.3) is 0 Å². The van der Waals surface area contributed by atoms with Crippen LogP contribution in [0.5, 0.6) is 0 Å². The van der Waals surface area contributed by atoms with Crippen molar-refractivity contribution in [1.82, 2.24) is 10.3 Å². The predicted molar refractivity (Wildman–Crippen MR) is 37.3 cm³/mol. The highest BCUT2D eigenvalue weighted by Crippen LogP contribution is 2.02. The van der Waals surface area contributed by atoms with Gasteiger partial charge in [-0.25, -0.2) is 4.39 Å². The monoisotopic (exact) mass is 165 g/mol. The first-order valence-corrected chi connectivity index (χ1v) is 3.04. The van der Waals surface area contributed by atoms with Gasteiger partial charge in [0, 0.05) is 6.20 Å². The number of carbonyl (C=O) groups is 1. The third-order valence-electron chi connectivity index (χ3n) is 1.19. The van der Waals surface area contributed by atoms with E-state index in [2.05, 4.69) is 4.98 Å². The quantitative estimate of drug-likeness (QED) is 0.484. The summed E-state index contributed by atoms with van der Waals surface area (Å²) in [6, 6.07) is 1.20. The zero-order valence-electron chi connectivity index (χ0n) is 5.91. The van der Waals surface area contributed by atoms with E-state index < -0.39 is 11.7 Å². The molecule has 5 heteroatoms. The fourth-order valence-corrected chi connectivity index (χ4v) is 0.677. The first-order valence-electron chi connectivity index (χ1n) is 3.04. The highest BCUT2D eigenvalue weighted by molar-refractivity contribution is 5.95. The molecule has 60 valence electrons. The Bertz CT molecular complexity index is 345. The van der Waals surface area contributed by atoms with Crippen LogP contribution in [0.15, 0.2) is 18.5 Å². The fourth-order valence-electron chi connectivity index (χ4n) is 0.677. The van der Waals surface area contributed by atoms with Crippen LogP contribution < -0.4 is 5.32 Å². The van der Waals surface area contributed by atoms with E-state index in [9.17, 15) is 9.18 Å². The van der Waals surface area contributed by atoms with Gasteiger partial charge in [0.05, 0.1) is 11.8 Å². The minimum atomic E-state index is -0.766. The molecule has 0 saturated heterocycles. The molecule has 0 atom stereocenters. The molecule has 1 aromatic heterocycles. The minimum absolute atomic E-state index is 0.188. The van der Waals surface area contributed by atoms with Crippen LogP contribution in [0.3, 0.4) is 0 Å². The molecule has 4 nitrogen and oxygen atoms in total. The van der Waals surface area contributed by atoms with Gasteiger partial charge >= 0.3 is 0 Å². The maximum atomic E-state index is 12.7. The molecule has 0 fully saturated rings. The smallest absolute Gasteiger partial charge is 0.267 e. The number of halogens is 1. The number of carbonyl (C=O) groups excluding carboxylic acids is 1. The van der Waals surface area contributed by atoms with Crippen molar-refractivity contribution < 1.29 is 9.18 Å². The molecule has 0 aromatic carbocycles. The molecule has 0 radical (unpaired) electrons. The van der Waals surface area contributed by atoms with Gasteiger partial charge in [-0.2, -0.15) is 5.26 Å². The second kappa shape index (κ2) is 3.44. The Morgan fingerprint density at radius 3 is 3.08 bits per heavy atom. The van der Waals surface area contributed by atoms with Crippen LogP contribution in [-0.2, 0) is 0 Å². The van der Waals surface area contributed by atoms with Crippen molar-refractivity contribution in [2.75, 3.05) is 0 Å². The van der Waals surface area contributed by atoms with Crippen molar-refractivity contribution >= 4 is 5.91 Å². The minimum Gasteiger partial charge on any atom is -0.268 e. The number of hydrogen-bond donors (Lipinski definition) is 1. The Labute approximate surface area is 67.7 Å². The average molecular weight is 165 g/mol. The first kappa shape index (κ1) is 8.14. The van der Waals surface area contributed by atoms with Gasteiger partial charge in [-0.05, 0) is 6.07 Å². The molecule has 0 saturated carbocycles. The SMILES string of the molecule is N#CNC(=O)c1ccncc1F. The van der Waals surface area contributed by atoms with Gasteiger partial charge in [0.2, 0.25) is 0 Å². The average Bonchev–Trinajstić information content (AvgIpc) is 2.05. The van der Waals surface area contributed by atoms with E-state index in [-0.39, 0.29) is 5.56 Å². The fraction of sp³-hybridized carbons (Fsp3) is 0. The van der Waals surface area contributed by atoms with Gasteiger partial charge < -0.3 is 0 Å². The van der Waals surface area contributed by atoms with Crippen LogP contribution in [0, 0.1) is 17.3 Å². The number of nitrogens with one attached hydrogen (secondary N) is 1. The highest BCUT2D eigenvalue weighted by Gasteiger charge is 2.09. The summed E-state index contributed by atoms with van der Waals surface area (Å²) in [5, 5.41) is 9.87. The molecule has 12 heavy (non-hydrogen) atoms. The van der Waals surface area contributed by atoms with Crippen molar-refractivity contribution in [2.45, 2.75) is 0 Å². The molecular weight excluding hydrogens is 161 g/mol. The molecule has 0 aliphatic heterocycles. The van der Waals surface area contributed by atoms with Gasteiger partial charge in [-0.15, -0.1) is 0 Å². The van der Waals surface area contributed by atoms with E-state index in [1.54, 1.807) is 5.32 Å². The molecule has 0 unspecified atom stereocenters. The van der Waals surface area contributed by atoms with Crippen LogP contribution in [0.2, 0.25) is 0 Å². The van der Waals surface area contributed by atoms with Crippen molar-refractivity contribution in [1.29, 1.82) is 5.26 Å². The number of rotatable bonds is 1. The molecule has 1 heterocycles. The lowest BCUT2D eigenvalue weighted by Crippen LogP contribution is -2.18. The van der Waals surface area contributed by atoms with E-state index in [4.69, 9.17) is 5.26 Å². The third-order valence-corrected chi connectivity index (χ3v) is 1.19. The van der Waals surface area contributed by atoms with E-state index >= 15 is 0 Å². The summed E-state index contributed by atoms with van der Waals surface area (Å²) in [7, 11) is 0. The molecule has 0 spiro atoms. The van der Waals surface area contributed by atoms with Gasteiger partial charge in [-0.3, -0.25) is 15.1 Å². The lowest BCUT2D eigenvalue weighted by Gasteiger charge is -1.96. The zero-order chi connectivity index (χ0) is 8.97. The summed E-state index contributed by atoms with van der Waals surface area (Å²) in [6.45, 7) is 0. The largest absolute Gasteiger partial charge is 0.268 e. The summed E-state index contributed by atoms with van der Waals surface area (Å²) in [5.41, 5.74) is -0.188. The number of aromatic nitrogens is 1. The Hall–Kier alpha value is -1.96. The number of pyridine rings is 1. The summed E-state index contributed by atoms with van der Waals surface area (Å²) in [5.74, 6) is -1.51. The van der Waals surface area contributed by atoms with Crippen LogP contribution >= 0.6 is 0 Å². The maximum absolute atomic E-state index is 12.7. The molecule has 1 amide bonds. The third kappa shape index (κ3) is 1.55. The summed E-state index contributed by atoms with van der Waals surface area (Å²) in [4.78, 5) is 14.3. The van der Waals surface area contributed by atoms with Crippen LogP contribution in [0.4, 0.5) is 4.39 Å². The van der Waals surface area contributed by atoms with Crippen LogP contribution in [0.1, 0.15) is 10.4 Å². The van der Waals surface area contributed by atoms with Crippen molar-refractivity contribution in [3.8, 4) is 6.19 Å². The highest BCUT2D eigenvalue weighted by atomic mass is 19.1. The van der Waals surface area contributed by atoms with Gasteiger partial charge in [-0.1, -0.05) is 0 Å². The Morgan fingerprint density at radius 2 is 2.50 bits per heavy atom. The van der Waals surface area contributed by atoms with Crippen molar-refractivity contribution in [2.24, 2.45) is 0 Å². The molecule has 1 aromatic rings. The Balaban J connectivity index is 2.97. The Morgan fingerprint density at radius 1 is 1.75 bits per heavy atom. The van der Waals surface area contributed by atoms with Gasteiger partial charge in [0.1, 0.15) is 0 Å². The molecule has 0 bridgehead atoms. The number of nitrogens with zero attached hydrogens (tertiary/aromatic N) is 2. The number of amides is 1. The second-order valence-corrected chi connectivity index (χ2v) is 1.92. The normalized spacial score (nSPS) is 8.67. The van der Waals surface area contributed by atoms with Gasteiger partial charge in [0.15, 0.2) is 12.0 Å². The van der Waals surface area contributed by atoms with E-state index in [0.29, 0.717) is 0 Å². The standard InChI is InChI=1S/C7H4FN3O/c8-6-3-10-2-1-5(6)7(12)11-4-9/h1-3H,(H,11,12). The number of hydrogen-bond acceptors (Lipinski definition) is 3. The molecule has 0 aliphatic rings. The molecule has 1 rings (SSSR count). The van der Waals surface area contributed by atoms with E-state index in [1.807, 2.05) is 0 Å². The molecular formula is C7H4FN3O. The zero-order valence-corrected chi connectivity index (χ0v) is 5.91.